The van der Waals surface area contributed by atoms with Crippen molar-refractivity contribution in [2.24, 2.45) is 0 Å². The van der Waals surface area contributed by atoms with Crippen LogP contribution in [-0.2, 0) is 4.74 Å². The second-order valence-electron chi connectivity index (χ2n) is 3.27. The second kappa shape index (κ2) is 6.14. The van der Waals surface area contributed by atoms with Crippen molar-refractivity contribution in [3.63, 3.8) is 0 Å². The summed E-state index contributed by atoms with van der Waals surface area (Å²) < 4.78 is 10.1. The average molecular weight is 210 g/mol. The molecule has 0 heterocycles. The number of nitrogens with one attached hydrogen (secondary N) is 1. The van der Waals surface area contributed by atoms with Gasteiger partial charge in [0.05, 0.1) is 7.11 Å². The van der Waals surface area contributed by atoms with Crippen molar-refractivity contribution in [2.75, 3.05) is 38.4 Å². The lowest BCUT2D eigenvalue weighted by molar-refractivity contribution is 0.198. The van der Waals surface area contributed by atoms with Gasteiger partial charge in [-0.1, -0.05) is 0 Å². The van der Waals surface area contributed by atoms with Gasteiger partial charge in [-0.2, -0.15) is 0 Å². The number of nitrogens with two attached hydrogens (primary N) is 1. The number of methoxy groups -OCH3 is 2. The molecule has 0 bridgehead atoms. The highest BCUT2D eigenvalue weighted by Gasteiger charge is 1.98. The van der Waals surface area contributed by atoms with Crippen LogP contribution in [0.25, 0.3) is 0 Å². The van der Waals surface area contributed by atoms with Gasteiger partial charge in [-0.15, -0.1) is 0 Å². The zero-order chi connectivity index (χ0) is 11.1. The van der Waals surface area contributed by atoms with E-state index in [1.165, 1.54) is 0 Å². The van der Waals surface area contributed by atoms with E-state index >= 15 is 0 Å². The molecule has 4 heteroatoms. The van der Waals surface area contributed by atoms with Crippen LogP contribution in [0.2, 0.25) is 0 Å². The monoisotopic (exact) mass is 210 g/mol. The molecule has 0 amide bonds. The maximum Gasteiger partial charge on any atom is 0.122 e. The van der Waals surface area contributed by atoms with E-state index in [-0.39, 0.29) is 0 Å². The van der Waals surface area contributed by atoms with Crippen LogP contribution in [-0.4, -0.2) is 27.4 Å². The van der Waals surface area contributed by atoms with Gasteiger partial charge in [0, 0.05) is 43.8 Å². The molecule has 0 fully saturated rings. The van der Waals surface area contributed by atoms with Gasteiger partial charge in [-0.25, -0.2) is 0 Å². The first kappa shape index (κ1) is 11.7. The number of hydrogen-bond acceptors (Lipinski definition) is 4. The molecule has 15 heavy (non-hydrogen) atoms. The maximum absolute atomic E-state index is 5.72. The number of benzene rings is 1. The Bertz CT molecular complexity index is 303. The van der Waals surface area contributed by atoms with Crippen molar-refractivity contribution in [3.05, 3.63) is 18.2 Å². The number of nitrogen functional groups attached to an aromatic ring is 1. The van der Waals surface area contributed by atoms with E-state index in [1.807, 2.05) is 12.1 Å². The lowest BCUT2D eigenvalue weighted by atomic mass is 10.2. The van der Waals surface area contributed by atoms with Crippen LogP contribution in [0.5, 0.6) is 5.75 Å². The van der Waals surface area contributed by atoms with Crippen molar-refractivity contribution >= 4 is 11.4 Å². The first-order valence-corrected chi connectivity index (χ1v) is 4.93. The Morgan fingerprint density at radius 3 is 2.73 bits per heavy atom. The fraction of sp³-hybridized carbons (Fsp3) is 0.455. The molecule has 84 valence electrons. The third-order valence-electron chi connectivity index (χ3n) is 2.02. The van der Waals surface area contributed by atoms with Crippen LogP contribution in [0.3, 0.4) is 0 Å². The fourth-order valence-corrected chi connectivity index (χ4v) is 1.29. The minimum absolute atomic E-state index is 0.698. The quantitative estimate of drug-likeness (QED) is 0.554. The summed E-state index contributed by atoms with van der Waals surface area (Å²) in [4.78, 5) is 0. The van der Waals surface area contributed by atoms with Crippen LogP contribution in [0.15, 0.2) is 18.2 Å². The predicted octanol–water partition coefficient (Wildman–Crippen LogP) is 1.73. The third-order valence-corrected chi connectivity index (χ3v) is 2.02. The van der Waals surface area contributed by atoms with Crippen molar-refractivity contribution in [3.8, 4) is 5.75 Å². The highest BCUT2D eigenvalue weighted by atomic mass is 16.5. The number of anilines is 2. The highest BCUT2D eigenvalue weighted by Crippen LogP contribution is 2.21. The summed E-state index contributed by atoms with van der Waals surface area (Å²) >= 11 is 0. The van der Waals surface area contributed by atoms with Crippen molar-refractivity contribution in [1.29, 1.82) is 0 Å². The maximum atomic E-state index is 5.72. The highest BCUT2D eigenvalue weighted by molar-refractivity contribution is 5.59. The smallest absolute Gasteiger partial charge is 0.122 e. The third kappa shape index (κ3) is 4.08. The normalized spacial score (nSPS) is 10.0. The van der Waals surface area contributed by atoms with E-state index in [0.717, 1.165) is 31.0 Å². The second-order valence-corrected chi connectivity index (χ2v) is 3.27. The van der Waals surface area contributed by atoms with Crippen LogP contribution in [0, 0.1) is 0 Å². The van der Waals surface area contributed by atoms with Crippen LogP contribution >= 0.6 is 0 Å². The molecule has 0 aliphatic rings. The molecule has 0 spiro atoms. The van der Waals surface area contributed by atoms with Crippen molar-refractivity contribution in [1.82, 2.24) is 0 Å². The zero-order valence-electron chi connectivity index (χ0n) is 9.25. The van der Waals surface area contributed by atoms with Gasteiger partial charge in [0.2, 0.25) is 0 Å². The summed E-state index contributed by atoms with van der Waals surface area (Å²) in [6, 6.07) is 5.60. The van der Waals surface area contributed by atoms with Gasteiger partial charge < -0.3 is 20.5 Å². The molecule has 0 radical (unpaired) electrons. The fourth-order valence-electron chi connectivity index (χ4n) is 1.29. The van der Waals surface area contributed by atoms with Crippen molar-refractivity contribution < 1.29 is 9.47 Å². The zero-order valence-corrected chi connectivity index (χ0v) is 9.25. The van der Waals surface area contributed by atoms with Crippen LogP contribution < -0.4 is 15.8 Å². The molecule has 1 aromatic carbocycles. The first-order valence-electron chi connectivity index (χ1n) is 4.93. The Morgan fingerprint density at radius 1 is 1.27 bits per heavy atom. The van der Waals surface area contributed by atoms with Crippen molar-refractivity contribution in [2.45, 2.75) is 6.42 Å². The first-order chi connectivity index (χ1) is 7.26. The summed E-state index contributed by atoms with van der Waals surface area (Å²) in [7, 11) is 3.33. The van der Waals surface area contributed by atoms with E-state index in [2.05, 4.69) is 5.32 Å². The summed E-state index contributed by atoms with van der Waals surface area (Å²) in [6.45, 7) is 1.62. The van der Waals surface area contributed by atoms with Gasteiger partial charge >= 0.3 is 0 Å². The summed E-state index contributed by atoms with van der Waals surface area (Å²) in [5, 5.41) is 3.26. The average Bonchev–Trinajstić information content (AvgIpc) is 2.23. The van der Waals surface area contributed by atoms with E-state index in [1.54, 1.807) is 20.3 Å². The van der Waals surface area contributed by atoms with E-state index in [4.69, 9.17) is 15.2 Å². The molecule has 0 aromatic heterocycles. The molecule has 0 unspecified atom stereocenters. The standard InChI is InChI=1S/C11H18N2O2/c1-14-5-3-4-13-10-6-9(12)7-11(8-10)15-2/h6-8,13H,3-5,12H2,1-2H3. The van der Waals surface area contributed by atoms with Gasteiger partial charge in [0.15, 0.2) is 0 Å². The van der Waals surface area contributed by atoms with Gasteiger partial charge in [0.1, 0.15) is 5.75 Å². The topological polar surface area (TPSA) is 56.5 Å². The Morgan fingerprint density at radius 2 is 2.07 bits per heavy atom. The molecular weight excluding hydrogens is 192 g/mol. The number of ether oxygens (including phenoxy) is 2. The summed E-state index contributed by atoms with van der Waals surface area (Å²) in [5.74, 6) is 0.768. The Labute approximate surface area is 90.4 Å². The van der Waals surface area contributed by atoms with Gasteiger partial charge in [-0.05, 0) is 12.5 Å². The van der Waals surface area contributed by atoms with Crippen LogP contribution in [0.1, 0.15) is 6.42 Å². The van der Waals surface area contributed by atoms with E-state index in [0.29, 0.717) is 5.69 Å². The molecule has 0 saturated carbocycles. The minimum atomic E-state index is 0.698. The van der Waals surface area contributed by atoms with E-state index < -0.39 is 0 Å². The van der Waals surface area contributed by atoms with Gasteiger partial charge in [0.25, 0.3) is 0 Å². The molecule has 4 nitrogen and oxygen atoms in total. The molecule has 1 aromatic rings. The summed E-state index contributed by atoms with van der Waals surface area (Å²) in [6.07, 6.45) is 0.966. The molecule has 0 saturated heterocycles. The Kier molecular flexibility index (Phi) is 4.77. The molecule has 1 rings (SSSR count). The largest absolute Gasteiger partial charge is 0.497 e. The SMILES string of the molecule is COCCCNc1cc(N)cc(OC)c1. The minimum Gasteiger partial charge on any atom is -0.497 e. The summed E-state index contributed by atoms with van der Waals surface area (Å²) in [5.41, 5.74) is 7.39. The molecule has 0 aliphatic heterocycles. The molecule has 0 aliphatic carbocycles. The molecular formula is C11H18N2O2. The molecule has 3 N–H and O–H groups in total. The van der Waals surface area contributed by atoms with Crippen LogP contribution in [0.4, 0.5) is 11.4 Å². The number of hydrogen-bond donors (Lipinski definition) is 2. The van der Waals surface area contributed by atoms with E-state index in [9.17, 15) is 0 Å². The Hall–Kier alpha value is -1.42. The lowest BCUT2D eigenvalue weighted by Crippen LogP contribution is -2.05. The predicted molar refractivity (Wildman–Crippen MR) is 62.4 cm³/mol. The van der Waals surface area contributed by atoms with Gasteiger partial charge in [-0.3, -0.25) is 0 Å². The lowest BCUT2D eigenvalue weighted by Gasteiger charge is -2.09. The Balaban J connectivity index is 2.49. The molecule has 0 atom stereocenters. The number of rotatable bonds is 6.